The molecule has 35 heavy (non-hydrogen) atoms. The van der Waals surface area contributed by atoms with E-state index in [-0.39, 0.29) is 22.9 Å². The normalized spacial score (nSPS) is 14.5. The van der Waals surface area contributed by atoms with Crippen molar-refractivity contribution in [3.05, 3.63) is 95.8 Å². The molecular weight excluding hydrogens is 473 g/mol. The third-order valence-corrected chi connectivity index (χ3v) is 6.92. The van der Waals surface area contributed by atoms with Crippen LogP contribution in [0.25, 0.3) is 0 Å². The second kappa shape index (κ2) is 10.8. The summed E-state index contributed by atoms with van der Waals surface area (Å²) in [5.74, 6) is -1.65. The third-order valence-electron chi connectivity index (χ3n) is 5.38. The third kappa shape index (κ3) is 6.50. The van der Waals surface area contributed by atoms with Crippen LogP contribution in [0.2, 0.25) is 0 Å². The lowest BCUT2D eigenvalue weighted by Crippen LogP contribution is -2.48. The molecule has 0 aliphatic carbocycles. The minimum Gasteiger partial charge on any atom is -0.378 e. The average molecular weight is 498 g/mol. The van der Waals surface area contributed by atoms with Crippen LogP contribution in [-0.4, -0.2) is 45.5 Å². The zero-order valence-electron chi connectivity index (χ0n) is 18.6. The number of nitrogens with one attached hydrogen (secondary N) is 3. The van der Waals surface area contributed by atoms with Crippen LogP contribution in [0, 0.1) is 5.82 Å². The van der Waals surface area contributed by atoms with E-state index in [4.69, 9.17) is 4.74 Å². The van der Waals surface area contributed by atoms with Crippen LogP contribution in [0.5, 0.6) is 0 Å². The molecule has 182 valence electrons. The molecule has 3 aromatic rings. The lowest BCUT2D eigenvalue weighted by Gasteiger charge is -2.26. The number of sulfonamides is 1. The summed E-state index contributed by atoms with van der Waals surface area (Å²) >= 11 is 0. The molecule has 1 saturated heterocycles. The SMILES string of the molecule is O=C(N[C@@H](Cc1ccccc1)C(=O)Nc1ccc(S(=O)(=O)NC2COC2)cc1)c1cccc(F)c1. The van der Waals surface area contributed by atoms with E-state index in [1.54, 1.807) is 0 Å². The molecule has 10 heteroatoms. The summed E-state index contributed by atoms with van der Waals surface area (Å²) in [7, 11) is -3.70. The highest BCUT2D eigenvalue weighted by molar-refractivity contribution is 7.89. The standard InChI is InChI=1S/C25H24FN3O5S/c26-19-8-4-7-18(14-19)24(30)28-23(13-17-5-2-1-3-6-17)25(31)27-20-9-11-22(12-10-20)35(32,33)29-21-15-34-16-21/h1-12,14,21,23,29H,13,15-16H2,(H,27,31)(H,28,30)/t23-/m0/s1. The first-order valence-electron chi connectivity index (χ1n) is 10.9. The average Bonchev–Trinajstić information content (AvgIpc) is 2.82. The van der Waals surface area contributed by atoms with Gasteiger partial charge in [-0.2, -0.15) is 0 Å². The Bertz CT molecular complexity index is 1300. The van der Waals surface area contributed by atoms with Crippen LogP contribution in [0.1, 0.15) is 15.9 Å². The van der Waals surface area contributed by atoms with Crippen LogP contribution >= 0.6 is 0 Å². The van der Waals surface area contributed by atoms with Gasteiger partial charge in [0.1, 0.15) is 11.9 Å². The van der Waals surface area contributed by atoms with Gasteiger partial charge in [0, 0.05) is 17.7 Å². The Morgan fingerprint density at radius 1 is 0.971 bits per heavy atom. The maximum atomic E-state index is 13.6. The zero-order chi connectivity index (χ0) is 24.8. The van der Waals surface area contributed by atoms with E-state index < -0.39 is 33.7 Å². The fraction of sp³-hybridized carbons (Fsp3) is 0.200. The van der Waals surface area contributed by atoms with Gasteiger partial charge in [-0.1, -0.05) is 36.4 Å². The fourth-order valence-corrected chi connectivity index (χ4v) is 4.67. The highest BCUT2D eigenvalue weighted by atomic mass is 32.2. The first-order valence-corrected chi connectivity index (χ1v) is 12.4. The Kier molecular flexibility index (Phi) is 7.54. The van der Waals surface area contributed by atoms with Gasteiger partial charge in [0.15, 0.2) is 0 Å². The number of ether oxygens (including phenoxy) is 1. The Morgan fingerprint density at radius 3 is 2.31 bits per heavy atom. The second-order valence-electron chi connectivity index (χ2n) is 8.10. The summed E-state index contributed by atoms with van der Waals surface area (Å²) in [5.41, 5.74) is 1.27. The number of carbonyl (C=O) groups excluding carboxylic acids is 2. The maximum Gasteiger partial charge on any atom is 0.252 e. The number of rotatable bonds is 9. The van der Waals surface area contributed by atoms with Crippen molar-refractivity contribution >= 4 is 27.5 Å². The Hall–Kier alpha value is -3.60. The predicted octanol–water partition coefficient (Wildman–Crippen LogP) is 2.48. The Balaban J connectivity index is 1.47. The molecule has 0 spiro atoms. The molecule has 1 fully saturated rings. The quantitative estimate of drug-likeness (QED) is 0.420. The zero-order valence-corrected chi connectivity index (χ0v) is 19.4. The highest BCUT2D eigenvalue weighted by Crippen LogP contribution is 2.17. The summed E-state index contributed by atoms with van der Waals surface area (Å²) in [6, 6.07) is 18.8. The molecule has 1 heterocycles. The number of hydrogen-bond acceptors (Lipinski definition) is 5. The molecule has 4 rings (SSSR count). The van der Waals surface area contributed by atoms with E-state index in [1.165, 1.54) is 42.5 Å². The van der Waals surface area contributed by atoms with Crippen molar-refractivity contribution < 1.29 is 27.1 Å². The van der Waals surface area contributed by atoms with Crippen molar-refractivity contribution in [1.29, 1.82) is 0 Å². The predicted molar refractivity (Wildman–Crippen MR) is 128 cm³/mol. The van der Waals surface area contributed by atoms with Crippen LogP contribution in [-0.2, 0) is 26.0 Å². The molecule has 0 unspecified atom stereocenters. The van der Waals surface area contributed by atoms with Gasteiger partial charge in [-0.05, 0) is 48.0 Å². The molecule has 1 aliphatic rings. The minimum atomic E-state index is -3.70. The van der Waals surface area contributed by atoms with Crippen molar-refractivity contribution in [1.82, 2.24) is 10.0 Å². The Labute approximate surface area is 202 Å². The smallest absolute Gasteiger partial charge is 0.252 e. The van der Waals surface area contributed by atoms with Gasteiger partial charge in [-0.3, -0.25) is 9.59 Å². The van der Waals surface area contributed by atoms with E-state index in [0.29, 0.717) is 18.9 Å². The number of anilines is 1. The van der Waals surface area contributed by atoms with E-state index in [9.17, 15) is 22.4 Å². The molecule has 0 saturated carbocycles. The van der Waals surface area contributed by atoms with Gasteiger partial charge < -0.3 is 15.4 Å². The van der Waals surface area contributed by atoms with E-state index >= 15 is 0 Å². The molecule has 2 amide bonds. The molecule has 8 nitrogen and oxygen atoms in total. The van der Waals surface area contributed by atoms with Gasteiger partial charge >= 0.3 is 0 Å². The van der Waals surface area contributed by atoms with Gasteiger partial charge in [0.25, 0.3) is 5.91 Å². The van der Waals surface area contributed by atoms with Gasteiger partial charge in [-0.15, -0.1) is 0 Å². The number of benzene rings is 3. The van der Waals surface area contributed by atoms with Crippen molar-refractivity contribution in [3.8, 4) is 0 Å². The van der Waals surface area contributed by atoms with Crippen LogP contribution in [0.15, 0.2) is 83.8 Å². The first kappa shape index (κ1) is 24.5. The number of carbonyl (C=O) groups is 2. The topological polar surface area (TPSA) is 114 Å². The fourth-order valence-electron chi connectivity index (χ4n) is 3.47. The van der Waals surface area contributed by atoms with Crippen molar-refractivity contribution in [2.45, 2.75) is 23.4 Å². The lowest BCUT2D eigenvalue weighted by atomic mass is 10.0. The Morgan fingerprint density at radius 2 is 1.69 bits per heavy atom. The molecule has 3 N–H and O–H groups in total. The lowest BCUT2D eigenvalue weighted by molar-refractivity contribution is -0.118. The van der Waals surface area contributed by atoms with Crippen LogP contribution in [0.3, 0.4) is 0 Å². The van der Waals surface area contributed by atoms with Gasteiger partial charge in [0.2, 0.25) is 15.9 Å². The molecule has 0 aromatic heterocycles. The number of hydrogen-bond donors (Lipinski definition) is 3. The molecular formula is C25H24FN3O5S. The summed E-state index contributed by atoms with van der Waals surface area (Å²) in [6.07, 6.45) is 0.202. The molecule has 0 bridgehead atoms. The van der Waals surface area contributed by atoms with Gasteiger partial charge in [-0.25, -0.2) is 17.5 Å². The summed E-state index contributed by atoms with van der Waals surface area (Å²) < 4.78 is 45.9. The second-order valence-corrected chi connectivity index (χ2v) is 9.81. The molecule has 0 radical (unpaired) electrons. The minimum absolute atomic E-state index is 0.0580. The monoisotopic (exact) mass is 497 g/mol. The maximum absolute atomic E-state index is 13.6. The van der Waals surface area contributed by atoms with Gasteiger partial charge in [0.05, 0.1) is 24.2 Å². The first-order chi connectivity index (χ1) is 16.8. The molecule has 1 aliphatic heterocycles. The number of amides is 2. The summed E-state index contributed by atoms with van der Waals surface area (Å²) in [4.78, 5) is 25.8. The molecule has 1 atom stereocenters. The van der Waals surface area contributed by atoms with Crippen LogP contribution in [0.4, 0.5) is 10.1 Å². The highest BCUT2D eigenvalue weighted by Gasteiger charge is 2.26. The van der Waals surface area contributed by atoms with Crippen molar-refractivity contribution in [3.63, 3.8) is 0 Å². The van der Waals surface area contributed by atoms with Crippen molar-refractivity contribution in [2.75, 3.05) is 18.5 Å². The number of halogens is 1. The van der Waals surface area contributed by atoms with Crippen molar-refractivity contribution in [2.24, 2.45) is 0 Å². The summed E-state index contributed by atoms with van der Waals surface area (Å²) in [6.45, 7) is 0.662. The van der Waals surface area contributed by atoms with E-state index in [2.05, 4.69) is 15.4 Å². The summed E-state index contributed by atoms with van der Waals surface area (Å²) in [5, 5.41) is 5.37. The molecule has 3 aromatic carbocycles. The van der Waals surface area contributed by atoms with Crippen LogP contribution < -0.4 is 15.4 Å². The van der Waals surface area contributed by atoms with E-state index in [0.717, 1.165) is 11.6 Å². The van der Waals surface area contributed by atoms with E-state index in [1.807, 2.05) is 30.3 Å². The largest absolute Gasteiger partial charge is 0.378 e.